The van der Waals surface area contributed by atoms with Gasteiger partial charge in [-0.3, -0.25) is 9.89 Å². The van der Waals surface area contributed by atoms with Gasteiger partial charge in [0.15, 0.2) is 5.65 Å². The van der Waals surface area contributed by atoms with Gasteiger partial charge in [-0.05, 0) is 31.2 Å². The molecule has 4 heterocycles. The number of aromatic nitrogens is 3. The van der Waals surface area contributed by atoms with Gasteiger partial charge in [-0.25, -0.2) is 9.50 Å². The van der Waals surface area contributed by atoms with Crippen LogP contribution in [0.4, 0.5) is 0 Å². The van der Waals surface area contributed by atoms with Crippen LogP contribution in [0.5, 0.6) is 0 Å². The number of thiophene rings is 1. The Hall–Kier alpha value is -1.92. The highest BCUT2D eigenvalue weighted by Gasteiger charge is 2.20. The maximum Gasteiger partial charge on any atom is 0.272 e. The van der Waals surface area contributed by atoms with E-state index in [0.717, 1.165) is 53.5 Å². The molecule has 0 saturated carbocycles. The van der Waals surface area contributed by atoms with Crippen molar-refractivity contribution in [3.05, 3.63) is 45.2 Å². The minimum Gasteiger partial charge on any atom is -0.381 e. The van der Waals surface area contributed by atoms with Gasteiger partial charge in [0.1, 0.15) is 0 Å². The Morgan fingerprint density at radius 3 is 2.95 bits per heavy atom. The number of hydrogen-bond acceptors (Lipinski definition) is 4. The van der Waals surface area contributed by atoms with Crippen molar-refractivity contribution in [2.24, 2.45) is 0 Å². The van der Waals surface area contributed by atoms with Crippen molar-refractivity contribution >= 4 is 17.0 Å². The molecule has 0 aliphatic carbocycles. The average molecular weight is 315 g/mol. The minimum atomic E-state index is -0.0441. The van der Waals surface area contributed by atoms with E-state index >= 15 is 0 Å². The van der Waals surface area contributed by atoms with Gasteiger partial charge < -0.3 is 4.74 Å². The predicted molar refractivity (Wildman–Crippen MR) is 86.7 cm³/mol. The standard InChI is InChI=1S/C16H17N3O2S/c1-10-15(13-3-2-8-22-13)18-19-14(20)9-12(17-16(10)19)11-4-6-21-7-5-11/h2-3,8-9,11,18H,4-7H2,1H3. The van der Waals surface area contributed by atoms with Gasteiger partial charge in [-0.2, -0.15) is 0 Å². The Balaban J connectivity index is 1.87. The summed E-state index contributed by atoms with van der Waals surface area (Å²) in [6, 6.07) is 5.72. The fourth-order valence-electron chi connectivity index (χ4n) is 3.03. The second kappa shape index (κ2) is 5.37. The first-order chi connectivity index (χ1) is 10.7. The van der Waals surface area contributed by atoms with Crippen LogP contribution < -0.4 is 5.56 Å². The van der Waals surface area contributed by atoms with Crippen molar-refractivity contribution in [1.29, 1.82) is 0 Å². The zero-order valence-corrected chi connectivity index (χ0v) is 13.2. The number of aromatic amines is 1. The van der Waals surface area contributed by atoms with E-state index in [-0.39, 0.29) is 5.56 Å². The van der Waals surface area contributed by atoms with Gasteiger partial charge in [-0.15, -0.1) is 11.3 Å². The van der Waals surface area contributed by atoms with Crippen LogP contribution in [-0.2, 0) is 4.74 Å². The summed E-state index contributed by atoms with van der Waals surface area (Å²) in [6.07, 6.45) is 1.87. The second-order valence-electron chi connectivity index (χ2n) is 5.65. The predicted octanol–water partition coefficient (Wildman–Crippen LogP) is 2.95. The van der Waals surface area contributed by atoms with Gasteiger partial charge in [0.2, 0.25) is 0 Å². The van der Waals surface area contributed by atoms with Crippen molar-refractivity contribution in [3.8, 4) is 10.6 Å². The Morgan fingerprint density at radius 1 is 1.41 bits per heavy atom. The molecule has 0 unspecified atom stereocenters. The lowest BCUT2D eigenvalue weighted by atomic mass is 9.96. The van der Waals surface area contributed by atoms with Crippen molar-refractivity contribution in [2.45, 2.75) is 25.7 Å². The van der Waals surface area contributed by atoms with E-state index in [1.165, 1.54) is 0 Å². The van der Waals surface area contributed by atoms with E-state index in [0.29, 0.717) is 5.92 Å². The highest BCUT2D eigenvalue weighted by Crippen LogP contribution is 2.29. The second-order valence-corrected chi connectivity index (χ2v) is 6.60. The van der Waals surface area contributed by atoms with Crippen LogP contribution in [-0.4, -0.2) is 27.8 Å². The molecule has 114 valence electrons. The SMILES string of the molecule is Cc1c(-c2cccs2)[nH]n2c(=O)cc(C3CCOCC3)nc12. The van der Waals surface area contributed by atoms with Crippen LogP contribution >= 0.6 is 11.3 Å². The molecule has 0 atom stereocenters. The van der Waals surface area contributed by atoms with Crippen LogP contribution in [0.15, 0.2) is 28.4 Å². The highest BCUT2D eigenvalue weighted by molar-refractivity contribution is 7.13. The van der Waals surface area contributed by atoms with Crippen molar-refractivity contribution in [1.82, 2.24) is 14.6 Å². The maximum atomic E-state index is 12.4. The summed E-state index contributed by atoms with van der Waals surface area (Å²) in [5, 5.41) is 5.22. The molecule has 1 saturated heterocycles. The zero-order chi connectivity index (χ0) is 15.1. The molecule has 4 rings (SSSR count). The van der Waals surface area contributed by atoms with Crippen LogP contribution in [0.3, 0.4) is 0 Å². The third-order valence-electron chi connectivity index (χ3n) is 4.28. The highest BCUT2D eigenvalue weighted by atomic mass is 32.1. The molecule has 0 bridgehead atoms. The number of rotatable bonds is 2. The van der Waals surface area contributed by atoms with E-state index in [2.05, 4.69) is 5.10 Å². The van der Waals surface area contributed by atoms with E-state index in [9.17, 15) is 4.79 Å². The molecule has 3 aromatic heterocycles. The van der Waals surface area contributed by atoms with Gasteiger partial charge in [0.05, 0.1) is 16.3 Å². The van der Waals surface area contributed by atoms with E-state index in [4.69, 9.17) is 9.72 Å². The number of fused-ring (bicyclic) bond motifs is 1. The first-order valence-corrected chi connectivity index (χ1v) is 8.36. The van der Waals surface area contributed by atoms with E-state index in [1.807, 2.05) is 24.4 Å². The van der Waals surface area contributed by atoms with Crippen molar-refractivity contribution in [2.75, 3.05) is 13.2 Å². The molecule has 6 heteroatoms. The number of H-pyrrole nitrogens is 1. The lowest BCUT2D eigenvalue weighted by Gasteiger charge is -2.21. The fourth-order valence-corrected chi connectivity index (χ4v) is 3.81. The lowest BCUT2D eigenvalue weighted by Crippen LogP contribution is -2.20. The largest absolute Gasteiger partial charge is 0.381 e. The van der Waals surface area contributed by atoms with E-state index in [1.54, 1.807) is 21.9 Å². The summed E-state index contributed by atoms with van der Waals surface area (Å²) in [6.45, 7) is 3.51. The molecule has 5 nitrogen and oxygen atoms in total. The number of nitrogens with zero attached hydrogens (tertiary/aromatic N) is 2. The van der Waals surface area contributed by atoms with Crippen LogP contribution in [0.25, 0.3) is 16.2 Å². The number of ether oxygens (including phenoxy) is 1. The third kappa shape index (κ3) is 2.19. The first kappa shape index (κ1) is 13.7. The van der Waals surface area contributed by atoms with Gasteiger partial charge in [-0.1, -0.05) is 6.07 Å². The summed E-state index contributed by atoms with van der Waals surface area (Å²) >= 11 is 1.65. The smallest absolute Gasteiger partial charge is 0.272 e. The van der Waals surface area contributed by atoms with Crippen molar-refractivity contribution < 1.29 is 4.74 Å². The van der Waals surface area contributed by atoms with Crippen LogP contribution in [0, 0.1) is 6.92 Å². The summed E-state index contributed by atoms with van der Waals surface area (Å²) < 4.78 is 6.95. The third-order valence-corrected chi connectivity index (χ3v) is 5.17. The Kier molecular flexibility index (Phi) is 3.35. The molecule has 1 aliphatic heterocycles. The van der Waals surface area contributed by atoms with Crippen LogP contribution in [0.2, 0.25) is 0 Å². The quantitative estimate of drug-likeness (QED) is 0.791. The molecule has 0 spiro atoms. The Labute approximate surface area is 131 Å². The van der Waals surface area contributed by atoms with Crippen LogP contribution in [0.1, 0.15) is 30.0 Å². The molecule has 1 N–H and O–H groups in total. The summed E-state index contributed by atoms with van der Waals surface area (Å²) in [7, 11) is 0. The molecule has 1 fully saturated rings. The first-order valence-electron chi connectivity index (χ1n) is 7.48. The van der Waals surface area contributed by atoms with Gasteiger partial charge in [0.25, 0.3) is 5.56 Å². The molecule has 1 aliphatic rings. The monoisotopic (exact) mass is 315 g/mol. The number of nitrogens with one attached hydrogen (secondary N) is 1. The summed E-state index contributed by atoms with van der Waals surface area (Å²) in [4.78, 5) is 18.3. The topological polar surface area (TPSA) is 59.4 Å². The minimum absolute atomic E-state index is 0.0441. The average Bonchev–Trinajstić information content (AvgIpc) is 3.17. The molecule has 0 amide bonds. The van der Waals surface area contributed by atoms with Gasteiger partial charge >= 0.3 is 0 Å². The summed E-state index contributed by atoms with van der Waals surface area (Å²) in [5.41, 5.74) is 3.58. The molecular weight excluding hydrogens is 298 g/mol. The molecular formula is C16H17N3O2S. The Bertz CT molecular complexity index is 858. The number of aryl methyl sites for hydroxylation is 1. The molecule has 0 aromatic carbocycles. The molecule has 3 aromatic rings. The van der Waals surface area contributed by atoms with E-state index < -0.39 is 0 Å². The molecule has 0 radical (unpaired) electrons. The summed E-state index contributed by atoms with van der Waals surface area (Å²) in [5.74, 6) is 0.325. The van der Waals surface area contributed by atoms with Gasteiger partial charge in [0, 0.05) is 30.8 Å². The number of hydrogen-bond donors (Lipinski definition) is 1. The maximum absolute atomic E-state index is 12.4. The normalized spacial score (nSPS) is 16.4. The fraction of sp³-hybridized carbons (Fsp3) is 0.375. The Morgan fingerprint density at radius 2 is 2.23 bits per heavy atom. The zero-order valence-electron chi connectivity index (χ0n) is 12.3. The van der Waals surface area contributed by atoms with Crippen molar-refractivity contribution in [3.63, 3.8) is 0 Å². The molecule has 22 heavy (non-hydrogen) atoms. The lowest BCUT2D eigenvalue weighted by molar-refractivity contribution is 0.0845.